The minimum Gasteiger partial charge on any atom is -0.381 e. The number of likely N-dealkylation sites (N-methyl/N-ethyl adjacent to an activating group) is 1. The van der Waals surface area contributed by atoms with Gasteiger partial charge in [-0.25, -0.2) is 0 Å². The molecule has 0 spiro atoms. The van der Waals surface area contributed by atoms with E-state index < -0.39 is 11.7 Å². The van der Waals surface area contributed by atoms with Crippen LogP contribution in [0, 0.1) is 0 Å². The van der Waals surface area contributed by atoms with Crippen molar-refractivity contribution in [2.24, 2.45) is 0 Å². The van der Waals surface area contributed by atoms with Crippen LogP contribution in [0.4, 0.5) is 13.2 Å². The molecule has 7 heteroatoms. The first-order valence-electron chi connectivity index (χ1n) is 8.59. The summed E-state index contributed by atoms with van der Waals surface area (Å²) in [4.78, 5) is 13.9. The molecule has 0 aliphatic rings. The predicted molar refractivity (Wildman–Crippen MR) is 91.4 cm³/mol. The van der Waals surface area contributed by atoms with E-state index >= 15 is 0 Å². The Morgan fingerprint density at radius 3 is 2.56 bits per heavy atom. The van der Waals surface area contributed by atoms with Gasteiger partial charge in [-0.15, -0.1) is 0 Å². The fourth-order valence-corrected chi connectivity index (χ4v) is 2.34. The monoisotopic (exact) mass is 360 g/mol. The molecule has 0 bridgehead atoms. The number of rotatable bonds is 11. The van der Waals surface area contributed by atoms with E-state index in [2.05, 4.69) is 24.1 Å². The average molecular weight is 360 g/mol. The molecule has 4 nitrogen and oxygen atoms in total. The first kappa shape index (κ1) is 21.4. The first-order chi connectivity index (χ1) is 11.9. The molecule has 0 aromatic heterocycles. The molecule has 1 N–H and O–H groups in total. The molecule has 0 saturated carbocycles. The number of nitrogens with zero attached hydrogens (tertiary/aromatic N) is 1. The van der Waals surface area contributed by atoms with Crippen LogP contribution in [-0.4, -0.2) is 50.2 Å². The van der Waals surface area contributed by atoms with E-state index in [1.54, 1.807) is 6.07 Å². The summed E-state index contributed by atoms with van der Waals surface area (Å²) in [6.07, 6.45) is -3.70. The van der Waals surface area contributed by atoms with E-state index in [0.717, 1.165) is 31.8 Å². The quantitative estimate of drug-likeness (QED) is 0.617. The lowest BCUT2D eigenvalue weighted by Crippen LogP contribution is -2.35. The second kappa shape index (κ2) is 11.1. The first-order valence-corrected chi connectivity index (χ1v) is 8.59. The summed E-state index contributed by atoms with van der Waals surface area (Å²) in [5, 5.41) is 2.83. The van der Waals surface area contributed by atoms with Gasteiger partial charge in [-0.3, -0.25) is 4.79 Å². The van der Waals surface area contributed by atoms with Crippen molar-refractivity contribution in [3.05, 3.63) is 35.4 Å². The zero-order valence-electron chi connectivity index (χ0n) is 14.9. The molecule has 0 fully saturated rings. The molecule has 142 valence electrons. The van der Waals surface area contributed by atoms with Crippen LogP contribution in [0.5, 0.6) is 0 Å². The fraction of sp³-hybridized carbons (Fsp3) is 0.611. The molecule has 0 unspecified atom stereocenters. The lowest BCUT2D eigenvalue weighted by atomic mass is 10.1. The molecule has 0 radical (unpaired) electrons. The highest BCUT2D eigenvalue weighted by Crippen LogP contribution is 2.29. The van der Waals surface area contributed by atoms with E-state index in [-0.39, 0.29) is 25.5 Å². The summed E-state index contributed by atoms with van der Waals surface area (Å²) in [5.74, 6) is -0.0776. The summed E-state index contributed by atoms with van der Waals surface area (Å²) in [6.45, 7) is 8.01. The number of nitrogens with one attached hydrogen (secondary N) is 1. The Balaban J connectivity index is 2.17. The third-order valence-corrected chi connectivity index (χ3v) is 3.91. The van der Waals surface area contributed by atoms with E-state index in [0.29, 0.717) is 18.5 Å². The standard InChI is InChI=1S/C18H27F3N2O2/c1-3-23(4-2)11-10-22-17(24)9-13-25-12-8-15-6-5-7-16(14-15)18(19,20)21/h5-7,14H,3-4,8-13H2,1-2H3,(H,22,24). The molecular weight excluding hydrogens is 333 g/mol. The van der Waals surface area contributed by atoms with Gasteiger partial charge in [0.15, 0.2) is 0 Å². The number of carbonyl (C=O) groups is 1. The van der Waals surface area contributed by atoms with Crippen LogP contribution < -0.4 is 5.32 Å². The minimum absolute atomic E-state index is 0.0776. The molecule has 0 saturated heterocycles. The third-order valence-electron chi connectivity index (χ3n) is 3.91. The number of amides is 1. The Bertz CT molecular complexity index is 517. The molecule has 0 aliphatic heterocycles. The van der Waals surface area contributed by atoms with Crippen molar-refractivity contribution in [2.45, 2.75) is 32.9 Å². The zero-order chi connectivity index (χ0) is 18.7. The van der Waals surface area contributed by atoms with Gasteiger partial charge in [0.1, 0.15) is 0 Å². The van der Waals surface area contributed by atoms with Crippen LogP contribution in [0.1, 0.15) is 31.4 Å². The number of alkyl halides is 3. The summed E-state index contributed by atoms with van der Waals surface area (Å²) in [6, 6.07) is 5.20. The van der Waals surface area contributed by atoms with Crippen LogP contribution >= 0.6 is 0 Å². The topological polar surface area (TPSA) is 41.6 Å². The van der Waals surface area contributed by atoms with Crippen molar-refractivity contribution in [3.8, 4) is 0 Å². The summed E-state index contributed by atoms with van der Waals surface area (Å²) in [5.41, 5.74) is -0.0870. The summed E-state index contributed by atoms with van der Waals surface area (Å²) >= 11 is 0. The number of halogens is 3. The van der Waals surface area contributed by atoms with Crippen molar-refractivity contribution in [1.82, 2.24) is 10.2 Å². The molecule has 0 heterocycles. The number of ether oxygens (including phenoxy) is 1. The van der Waals surface area contributed by atoms with Gasteiger partial charge >= 0.3 is 6.18 Å². The average Bonchev–Trinajstić information content (AvgIpc) is 2.58. The van der Waals surface area contributed by atoms with Crippen LogP contribution in [-0.2, 0) is 22.1 Å². The van der Waals surface area contributed by atoms with Gasteiger partial charge < -0.3 is 15.0 Å². The normalized spacial score (nSPS) is 11.8. The molecule has 1 aromatic rings. The number of carbonyl (C=O) groups excluding carboxylic acids is 1. The summed E-state index contributed by atoms with van der Waals surface area (Å²) < 4.78 is 43.2. The van der Waals surface area contributed by atoms with Gasteiger partial charge in [0.25, 0.3) is 0 Å². The Kier molecular flexibility index (Phi) is 9.52. The molecule has 1 rings (SSSR count). The van der Waals surface area contributed by atoms with Crippen molar-refractivity contribution < 1.29 is 22.7 Å². The largest absolute Gasteiger partial charge is 0.416 e. The Morgan fingerprint density at radius 2 is 1.92 bits per heavy atom. The van der Waals surface area contributed by atoms with Crippen LogP contribution in [0.15, 0.2) is 24.3 Å². The van der Waals surface area contributed by atoms with Gasteiger partial charge in [-0.2, -0.15) is 13.2 Å². The molecule has 25 heavy (non-hydrogen) atoms. The smallest absolute Gasteiger partial charge is 0.381 e. The van der Waals surface area contributed by atoms with Gasteiger partial charge in [0, 0.05) is 19.5 Å². The second-order valence-electron chi connectivity index (χ2n) is 5.69. The number of hydrogen-bond donors (Lipinski definition) is 1. The lowest BCUT2D eigenvalue weighted by molar-refractivity contribution is -0.137. The molecule has 1 amide bonds. The second-order valence-corrected chi connectivity index (χ2v) is 5.69. The highest BCUT2D eigenvalue weighted by atomic mass is 19.4. The lowest BCUT2D eigenvalue weighted by Gasteiger charge is -2.17. The highest BCUT2D eigenvalue weighted by Gasteiger charge is 2.30. The van der Waals surface area contributed by atoms with Crippen molar-refractivity contribution in [1.29, 1.82) is 0 Å². The molecule has 0 aliphatic carbocycles. The van der Waals surface area contributed by atoms with E-state index in [1.807, 2.05) is 0 Å². The molecule has 0 atom stereocenters. The third kappa shape index (κ3) is 8.88. The van der Waals surface area contributed by atoms with Crippen molar-refractivity contribution in [2.75, 3.05) is 39.4 Å². The van der Waals surface area contributed by atoms with E-state index in [1.165, 1.54) is 6.07 Å². The molecular formula is C18H27F3N2O2. The summed E-state index contributed by atoms with van der Waals surface area (Å²) in [7, 11) is 0. The van der Waals surface area contributed by atoms with Crippen LogP contribution in [0.25, 0.3) is 0 Å². The van der Waals surface area contributed by atoms with E-state index in [4.69, 9.17) is 4.74 Å². The Hall–Kier alpha value is -1.60. The van der Waals surface area contributed by atoms with Gasteiger partial charge in [-0.05, 0) is 31.1 Å². The maximum atomic E-state index is 12.6. The highest BCUT2D eigenvalue weighted by molar-refractivity contribution is 5.75. The maximum absolute atomic E-state index is 12.6. The maximum Gasteiger partial charge on any atom is 0.416 e. The zero-order valence-corrected chi connectivity index (χ0v) is 14.9. The number of benzene rings is 1. The van der Waals surface area contributed by atoms with Crippen molar-refractivity contribution in [3.63, 3.8) is 0 Å². The Labute approximate surface area is 147 Å². The fourth-order valence-electron chi connectivity index (χ4n) is 2.34. The number of hydrogen-bond acceptors (Lipinski definition) is 3. The van der Waals surface area contributed by atoms with Crippen molar-refractivity contribution >= 4 is 5.91 Å². The Morgan fingerprint density at radius 1 is 1.20 bits per heavy atom. The van der Waals surface area contributed by atoms with Crippen LogP contribution in [0.2, 0.25) is 0 Å². The van der Waals surface area contributed by atoms with Gasteiger partial charge in [-0.1, -0.05) is 32.0 Å². The SMILES string of the molecule is CCN(CC)CCNC(=O)CCOCCc1cccc(C(F)(F)F)c1. The van der Waals surface area contributed by atoms with Gasteiger partial charge in [0.2, 0.25) is 5.91 Å². The van der Waals surface area contributed by atoms with Crippen LogP contribution in [0.3, 0.4) is 0 Å². The predicted octanol–water partition coefficient (Wildman–Crippen LogP) is 3.11. The van der Waals surface area contributed by atoms with Gasteiger partial charge in [0.05, 0.1) is 18.8 Å². The molecule has 1 aromatic carbocycles. The minimum atomic E-state index is -4.33. The van der Waals surface area contributed by atoms with E-state index in [9.17, 15) is 18.0 Å².